The van der Waals surface area contributed by atoms with Gasteiger partial charge < -0.3 is 15.1 Å². The molecule has 0 radical (unpaired) electrons. The molecular formula is C7H10N4O2. The Morgan fingerprint density at radius 1 is 1.38 bits per heavy atom. The van der Waals surface area contributed by atoms with Crippen LogP contribution in [-0.4, -0.2) is 36.7 Å². The van der Waals surface area contributed by atoms with Gasteiger partial charge in [0.2, 0.25) is 0 Å². The van der Waals surface area contributed by atoms with Crippen LogP contribution in [0.4, 0.5) is 0 Å². The summed E-state index contributed by atoms with van der Waals surface area (Å²) < 4.78 is 1.79. The third-order valence-corrected chi connectivity index (χ3v) is 1.62. The number of imidazole rings is 1. The van der Waals surface area contributed by atoms with Gasteiger partial charge in [-0.1, -0.05) is 0 Å². The van der Waals surface area contributed by atoms with Gasteiger partial charge in [0.05, 0.1) is 19.1 Å². The number of aliphatic hydroxyl groups excluding tert-OH is 1. The average molecular weight is 182 g/mol. The first-order chi connectivity index (χ1) is 5.92. The van der Waals surface area contributed by atoms with Gasteiger partial charge in [0.25, 0.3) is 0 Å². The van der Waals surface area contributed by atoms with Crippen LogP contribution in [0.2, 0.25) is 0 Å². The van der Waals surface area contributed by atoms with E-state index in [1.807, 2.05) is 0 Å². The number of nitrogens with zero attached hydrogens (tertiary/aromatic N) is 4. The van der Waals surface area contributed by atoms with E-state index in [1.165, 1.54) is 6.33 Å². The van der Waals surface area contributed by atoms with Gasteiger partial charge in [-0.2, -0.15) is 0 Å². The molecule has 0 atom stereocenters. The van der Waals surface area contributed by atoms with Crippen LogP contribution < -0.4 is 0 Å². The Hall–Kier alpha value is -1.53. The molecule has 0 aliphatic carbocycles. The largest absolute Gasteiger partial charge is 0.412 e. The topological polar surface area (TPSA) is 95.3 Å². The summed E-state index contributed by atoms with van der Waals surface area (Å²) in [5.74, 6) is 0. The van der Waals surface area contributed by atoms with E-state index in [0.717, 1.165) is 11.2 Å². The van der Waals surface area contributed by atoms with Crippen molar-refractivity contribution in [3.63, 3.8) is 0 Å². The lowest BCUT2D eigenvalue weighted by atomic mass is 10.5. The summed E-state index contributed by atoms with van der Waals surface area (Å²) in [6.07, 6.45) is 4.77. The molecule has 0 saturated carbocycles. The minimum absolute atomic E-state index is 0. The molecule has 0 unspecified atom stereocenters. The summed E-state index contributed by atoms with van der Waals surface area (Å²) in [5.41, 5.74) is 1.52. The van der Waals surface area contributed by atoms with E-state index in [-0.39, 0.29) is 12.1 Å². The lowest BCUT2D eigenvalue weighted by Gasteiger charge is -1.97. The first kappa shape index (κ1) is 9.56. The maximum atomic E-state index is 8.71. The van der Waals surface area contributed by atoms with Crippen LogP contribution in [0.1, 0.15) is 0 Å². The Balaban J connectivity index is 0.000000845. The van der Waals surface area contributed by atoms with Crippen LogP contribution in [0.3, 0.4) is 0 Å². The second kappa shape index (κ2) is 3.92. The molecule has 2 rings (SSSR count). The normalized spacial score (nSPS) is 9.92. The molecule has 0 aliphatic heterocycles. The smallest absolute Gasteiger partial charge is 0.163 e. The third-order valence-electron chi connectivity index (χ3n) is 1.62. The van der Waals surface area contributed by atoms with Gasteiger partial charge in [-0.05, 0) is 0 Å². The monoisotopic (exact) mass is 182 g/mol. The molecule has 2 heterocycles. The van der Waals surface area contributed by atoms with E-state index in [4.69, 9.17) is 5.11 Å². The molecule has 3 N–H and O–H groups in total. The summed E-state index contributed by atoms with van der Waals surface area (Å²) >= 11 is 0. The molecule has 6 heteroatoms. The predicted octanol–water partition coefficient (Wildman–Crippen LogP) is -1.01. The second-order valence-electron chi connectivity index (χ2n) is 2.39. The van der Waals surface area contributed by atoms with E-state index in [2.05, 4.69) is 15.0 Å². The summed E-state index contributed by atoms with van der Waals surface area (Å²) in [4.78, 5) is 11.9. The quantitative estimate of drug-likeness (QED) is 0.643. The first-order valence-corrected chi connectivity index (χ1v) is 3.63. The minimum atomic E-state index is 0. The molecule has 0 aromatic carbocycles. The summed E-state index contributed by atoms with van der Waals surface area (Å²) in [5, 5.41) is 8.71. The molecule has 13 heavy (non-hydrogen) atoms. The summed E-state index contributed by atoms with van der Waals surface area (Å²) in [7, 11) is 0. The molecule has 2 aromatic rings. The van der Waals surface area contributed by atoms with Crippen LogP contribution >= 0.6 is 0 Å². The van der Waals surface area contributed by atoms with Gasteiger partial charge in [0.1, 0.15) is 11.8 Å². The van der Waals surface area contributed by atoms with Crippen molar-refractivity contribution in [3.8, 4) is 0 Å². The van der Waals surface area contributed by atoms with Crippen LogP contribution in [0.25, 0.3) is 11.2 Å². The van der Waals surface area contributed by atoms with Gasteiger partial charge in [-0.15, -0.1) is 0 Å². The second-order valence-corrected chi connectivity index (χ2v) is 2.39. The highest BCUT2D eigenvalue weighted by atomic mass is 16.3. The Bertz CT molecular complexity index is 387. The predicted molar refractivity (Wildman–Crippen MR) is 46.0 cm³/mol. The molecule has 0 saturated heterocycles. The molecule has 2 aromatic heterocycles. The van der Waals surface area contributed by atoms with Crippen molar-refractivity contribution in [2.24, 2.45) is 0 Å². The Labute approximate surface area is 74.2 Å². The van der Waals surface area contributed by atoms with Crippen molar-refractivity contribution in [3.05, 3.63) is 18.9 Å². The zero-order chi connectivity index (χ0) is 8.39. The van der Waals surface area contributed by atoms with E-state index in [0.29, 0.717) is 6.54 Å². The molecule has 0 amide bonds. The number of fused-ring (bicyclic) bond motifs is 1. The summed E-state index contributed by atoms with van der Waals surface area (Å²) in [6.45, 7) is 0.614. The fourth-order valence-corrected chi connectivity index (χ4v) is 1.09. The summed E-state index contributed by atoms with van der Waals surface area (Å²) in [6, 6.07) is 0. The Morgan fingerprint density at radius 3 is 3.00 bits per heavy atom. The number of rotatable bonds is 2. The van der Waals surface area contributed by atoms with E-state index < -0.39 is 0 Å². The van der Waals surface area contributed by atoms with Crippen LogP contribution in [-0.2, 0) is 6.54 Å². The van der Waals surface area contributed by atoms with Crippen molar-refractivity contribution in [1.82, 2.24) is 19.5 Å². The molecule has 0 fully saturated rings. The highest BCUT2D eigenvalue weighted by molar-refractivity contribution is 5.68. The highest BCUT2D eigenvalue weighted by Gasteiger charge is 2.00. The van der Waals surface area contributed by atoms with Gasteiger partial charge in [-0.3, -0.25) is 0 Å². The maximum Gasteiger partial charge on any atom is 0.163 e. The first-order valence-electron chi connectivity index (χ1n) is 3.63. The van der Waals surface area contributed by atoms with E-state index in [1.54, 1.807) is 17.1 Å². The molecular weight excluding hydrogens is 172 g/mol. The molecule has 0 spiro atoms. The van der Waals surface area contributed by atoms with Crippen molar-refractivity contribution in [2.45, 2.75) is 6.54 Å². The van der Waals surface area contributed by atoms with Gasteiger partial charge in [-0.25, -0.2) is 15.0 Å². The fraction of sp³-hybridized carbons (Fsp3) is 0.286. The third kappa shape index (κ3) is 1.63. The van der Waals surface area contributed by atoms with Crippen LogP contribution in [0.15, 0.2) is 18.9 Å². The fourth-order valence-electron chi connectivity index (χ4n) is 1.09. The number of aliphatic hydroxyl groups is 1. The number of aromatic nitrogens is 4. The number of hydrogen-bond donors (Lipinski definition) is 1. The van der Waals surface area contributed by atoms with E-state index in [9.17, 15) is 0 Å². The Kier molecular flexibility index (Phi) is 2.88. The maximum absolute atomic E-state index is 8.71. The van der Waals surface area contributed by atoms with Crippen molar-refractivity contribution in [2.75, 3.05) is 6.61 Å². The SMILES string of the molecule is O.OCCn1cnc2cncnc21. The lowest BCUT2D eigenvalue weighted by Crippen LogP contribution is -2.00. The molecule has 0 bridgehead atoms. The molecule has 0 aliphatic rings. The van der Waals surface area contributed by atoms with Crippen molar-refractivity contribution in [1.29, 1.82) is 0 Å². The highest BCUT2D eigenvalue weighted by Crippen LogP contribution is 2.05. The van der Waals surface area contributed by atoms with E-state index >= 15 is 0 Å². The Morgan fingerprint density at radius 2 is 2.23 bits per heavy atom. The van der Waals surface area contributed by atoms with Crippen LogP contribution in [0.5, 0.6) is 0 Å². The van der Waals surface area contributed by atoms with Gasteiger partial charge >= 0.3 is 0 Å². The average Bonchev–Trinajstić information content (AvgIpc) is 2.50. The lowest BCUT2D eigenvalue weighted by molar-refractivity contribution is 0.277. The molecule has 70 valence electrons. The zero-order valence-electron chi connectivity index (χ0n) is 6.88. The standard InChI is InChI=1S/C7H8N4O.H2O/c12-2-1-11-5-10-6-3-8-4-9-7(6)11;/h3-5,12H,1-2H2;1H2. The van der Waals surface area contributed by atoms with Gasteiger partial charge in [0.15, 0.2) is 5.65 Å². The molecule has 6 nitrogen and oxygen atoms in total. The number of hydrogen-bond acceptors (Lipinski definition) is 4. The minimum Gasteiger partial charge on any atom is -0.412 e. The van der Waals surface area contributed by atoms with Gasteiger partial charge in [0, 0.05) is 6.54 Å². The van der Waals surface area contributed by atoms with Crippen molar-refractivity contribution < 1.29 is 10.6 Å². The van der Waals surface area contributed by atoms with Crippen LogP contribution in [0, 0.1) is 0 Å². The zero-order valence-corrected chi connectivity index (χ0v) is 6.88. The van der Waals surface area contributed by atoms with Crippen molar-refractivity contribution >= 4 is 11.2 Å².